The van der Waals surface area contributed by atoms with Crippen molar-refractivity contribution >= 4 is 22.7 Å². The van der Waals surface area contributed by atoms with Crippen LogP contribution in [0.2, 0.25) is 0 Å². The van der Waals surface area contributed by atoms with Crippen molar-refractivity contribution in [2.24, 2.45) is 5.92 Å². The number of nitrogens with zero attached hydrogens (tertiary/aromatic N) is 3. The summed E-state index contributed by atoms with van der Waals surface area (Å²) >= 11 is 0. The fraction of sp³-hybridized carbons (Fsp3) is 0.556. The zero-order valence-corrected chi connectivity index (χ0v) is 14.2. The number of ether oxygens (including phenoxy) is 1. The lowest BCUT2D eigenvalue weighted by Crippen LogP contribution is -2.34. The number of piperidine rings is 1. The Morgan fingerprint density at radius 1 is 1.22 bits per heavy atom. The minimum absolute atomic E-state index is 0.137. The molecule has 1 aliphatic heterocycles. The second kappa shape index (κ2) is 7.13. The van der Waals surface area contributed by atoms with E-state index < -0.39 is 0 Å². The van der Waals surface area contributed by atoms with Gasteiger partial charge < -0.3 is 15.0 Å². The van der Waals surface area contributed by atoms with Crippen molar-refractivity contribution in [1.82, 2.24) is 9.97 Å². The summed E-state index contributed by atoms with van der Waals surface area (Å²) in [5.41, 5.74) is 1.88. The van der Waals surface area contributed by atoms with Gasteiger partial charge in [-0.3, -0.25) is 0 Å². The standard InChI is InChI=1S/C18H26N4O/c1-13-8-10-22(11-9-13)18-17(19-12-14(2)23-3)20-15-6-4-5-7-16(15)21-18/h4-7,13-14H,8-12H2,1-3H3,(H,19,20). The fourth-order valence-electron chi connectivity index (χ4n) is 2.87. The number of para-hydroxylation sites is 2. The Bertz CT molecular complexity index is 653. The van der Waals surface area contributed by atoms with Crippen LogP contribution in [0.5, 0.6) is 0 Å². The zero-order valence-electron chi connectivity index (χ0n) is 14.2. The lowest BCUT2D eigenvalue weighted by Gasteiger charge is -2.32. The van der Waals surface area contributed by atoms with Gasteiger partial charge in [0.25, 0.3) is 0 Å². The molecule has 1 atom stereocenters. The van der Waals surface area contributed by atoms with Crippen LogP contribution in [-0.2, 0) is 4.74 Å². The number of anilines is 2. The summed E-state index contributed by atoms with van der Waals surface area (Å²) in [6.45, 7) is 7.18. The molecule has 1 fully saturated rings. The summed E-state index contributed by atoms with van der Waals surface area (Å²) in [6, 6.07) is 8.05. The Balaban J connectivity index is 1.92. The van der Waals surface area contributed by atoms with Gasteiger partial charge in [0, 0.05) is 26.7 Å². The third kappa shape index (κ3) is 3.72. The quantitative estimate of drug-likeness (QED) is 0.917. The van der Waals surface area contributed by atoms with Gasteiger partial charge >= 0.3 is 0 Å². The van der Waals surface area contributed by atoms with Gasteiger partial charge in [-0.15, -0.1) is 0 Å². The molecule has 1 saturated heterocycles. The predicted octanol–water partition coefficient (Wildman–Crippen LogP) is 3.31. The summed E-state index contributed by atoms with van der Waals surface area (Å²) in [7, 11) is 1.73. The first-order valence-electron chi connectivity index (χ1n) is 8.45. The van der Waals surface area contributed by atoms with E-state index in [-0.39, 0.29) is 6.10 Å². The molecule has 0 bridgehead atoms. The Hall–Kier alpha value is -1.88. The van der Waals surface area contributed by atoms with Gasteiger partial charge in [0.2, 0.25) is 0 Å². The average molecular weight is 314 g/mol. The number of aromatic nitrogens is 2. The molecule has 1 aromatic heterocycles. The third-order valence-electron chi connectivity index (χ3n) is 4.59. The first kappa shape index (κ1) is 16.0. The van der Waals surface area contributed by atoms with E-state index in [2.05, 4.69) is 17.1 Å². The van der Waals surface area contributed by atoms with E-state index in [9.17, 15) is 0 Å². The molecule has 124 valence electrons. The molecule has 1 unspecified atom stereocenters. The van der Waals surface area contributed by atoms with Gasteiger partial charge in [-0.1, -0.05) is 19.1 Å². The predicted molar refractivity (Wildman–Crippen MR) is 95.1 cm³/mol. The van der Waals surface area contributed by atoms with Gasteiger partial charge in [-0.2, -0.15) is 0 Å². The van der Waals surface area contributed by atoms with E-state index in [0.717, 1.165) is 48.2 Å². The summed E-state index contributed by atoms with van der Waals surface area (Å²) in [5.74, 6) is 2.63. The number of methoxy groups -OCH3 is 1. The largest absolute Gasteiger partial charge is 0.380 e. The number of hydrogen-bond acceptors (Lipinski definition) is 5. The molecule has 3 rings (SSSR count). The first-order chi connectivity index (χ1) is 11.2. The lowest BCUT2D eigenvalue weighted by molar-refractivity contribution is 0.128. The van der Waals surface area contributed by atoms with Crippen LogP contribution in [0, 0.1) is 5.92 Å². The second-order valence-corrected chi connectivity index (χ2v) is 6.48. The zero-order chi connectivity index (χ0) is 16.2. The fourth-order valence-corrected chi connectivity index (χ4v) is 2.87. The highest BCUT2D eigenvalue weighted by atomic mass is 16.5. The van der Waals surface area contributed by atoms with Crippen molar-refractivity contribution in [3.63, 3.8) is 0 Å². The maximum atomic E-state index is 5.33. The highest BCUT2D eigenvalue weighted by Crippen LogP contribution is 2.28. The number of fused-ring (bicyclic) bond motifs is 1. The molecular formula is C18H26N4O. The van der Waals surface area contributed by atoms with Gasteiger partial charge in [0.05, 0.1) is 17.1 Å². The molecule has 2 heterocycles. The molecule has 5 nitrogen and oxygen atoms in total. The van der Waals surface area contributed by atoms with Crippen molar-refractivity contribution in [2.45, 2.75) is 32.8 Å². The SMILES string of the molecule is COC(C)CNc1nc2ccccc2nc1N1CCC(C)CC1. The summed E-state index contributed by atoms with van der Waals surface area (Å²) in [6.07, 6.45) is 2.56. The Morgan fingerprint density at radius 2 is 1.87 bits per heavy atom. The molecule has 2 aromatic rings. The van der Waals surface area contributed by atoms with Crippen LogP contribution in [0.1, 0.15) is 26.7 Å². The highest BCUT2D eigenvalue weighted by Gasteiger charge is 2.21. The number of nitrogens with one attached hydrogen (secondary N) is 1. The van der Waals surface area contributed by atoms with E-state index >= 15 is 0 Å². The number of rotatable bonds is 5. The molecule has 23 heavy (non-hydrogen) atoms. The molecule has 5 heteroatoms. The van der Waals surface area contributed by atoms with Gasteiger partial charge in [0.15, 0.2) is 11.6 Å². The maximum absolute atomic E-state index is 5.33. The van der Waals surface area contributed by atoms with Gasteiger partial charge in [0.1, 0.15) is 0 Å². The minimum atomic E-state index is 0.137. The molecule has 0 spiro atoms. The average Bonchev–Trinajstić information content (AvgIpc) is 2.59. The monoisotopic (exact) mass is 314 g/mol. The normalized spacial score (nSPS) is 17.4. The summed E-state index contributed by atoms with van der Waals surface area (Å²) in [4.78, 5) is 12.1. The minimum Gasteiger partial charge on any atom is -0.380 e. The molecule has 1 aliphatic rings. The van der Waals surface area contributed by atoms with Crippen LogP contribution in [0.25, 0.3) is 11.0 Å². The van der Waals surface area contributed by atoms with Gasteiger partial charge in [-0.05, 0) is 37.8 Å². The maximum Gasteiger partial charge on any atom is 0.172 e. The topological polar surface area (TPSA) is 50.3 Å². The number of benzene rings is 1. The Morgan fingerprint density at radius 3 is 2.52 bits per heavy atom. The molecule has 0 saturated carbocycles. The van der Waals surface area contributed by atoms with Crippen LogP contribution >= 0.6 is 0 Å². The first-order valence-corrected chi connectivity index (χ1v) is 8.45. The van der Waals surface area contributed by atoms with Crippen LogP contribution < -0.4 is 10.2 Å². The smallest absolute Gasteiger partial charge is 0.172 e. The van der Waals surface area contributed by atoms with E-state index in [0.29, 0.717) is 0 Å². The Kier molecular flexibility index (Phi) is 4.96. The van der Waals surface area contributed by atoms with E-state index in [1.807, 2.05) is 31.2 Å². The van der Waals surface area contributed by atoms with Crippen molar-refractivity contribution in [3.8, 4) is 0 Å². The molecule has 0 radical (unpaired) electrons. The van der Waals surface area contributed by atoms with Crippen LogP contribution in [0.4, 0.5) is 11.6 Å². The van der Waals surface area contributed by atoms with Crippen molar-refractivity contribution < 1.29 is 4.74 Å². The van der Waals surface area contributed by atoms with Crippen molar-refractivity contribution in [3.05, 3.63) is 24.3 Å². The summed E-state index contributed by atoms with van der Waals surface area (Å²) in [5, 5.41) is 3.42. The van der Waals surface area contributed by atoms with Crippen molar-refractivity contribution in [1.29, 1.82) is 0 Å². The van der Waals surface area contributed by atoms with Crippen LogP contribution in [-0.4, -0.2) is 42.8 Å². The van der Waals surface area contributed by atoms with Gasteiger partial charge in [-0.25, -0.2) is 9.97 Å². The molecule has 0 amide bonds. The van der Waals surface area contributed by atoms with E-state index in [4.69, 9.17) is 14.7 Å². The third-order valence-corrected chi connectivity index (χ3v) is 4.59. The lowest BCUT2D eigenvalue weighted by atomic mass is 9.99. The van der Waals surface area contributed by atoms with Crippen LogP contribution in [0.3, 0.4) is 0 Å². The Labute approximate surface area is 138 Å². The van der Waals surface area contributed by atoms with E-state index in [1.165, 1.54) is 12.8 Å². The highest BCUT2D eigenvalue weighted by molar-refractivity contribution is 5.80. The molecule has 1 N–H and O–H groups in total. The molecular weight excluding hydrogens is 288 g/mol. The second-order valence-electron chi connectivity index (χ2n) is 6.48. The molecule has 1 aromatic carbocycles. The van der Waals surface area contributed by atoms with E-state index in [1.54, 1.807) is 7.11 Å². The summed E-state index contributed by atoms with van der Waals surface area (Å²) < 4.78 is 5.33. The van der Waals surface area contributed by atoms with Crippen LogP contribution in [0.15, 0.2) is 24.3 Å². The molecule has 0 aliphatic carbocycles. The number of hydrogen-bond donors (Lipinski definition) is 1. The van der Waals surface area contributed by atoms with Crippen molar-refractivity contribution in [2.75, 3.05) is 37.0 Å².